The van der Waals surface area contributed by atoms with Crippen molar-refractivity contribution in [3.63, 3.8) is 0 Å². The molecule has 2 aromatic rings. The van der Waals surface area contributed by atoms with Crippen molar-refractivity contribution in [3.05, 3.63) is 59.2 Å². The molecule has 1 atom stereocenters. The van der Waals surface area contributed by atoms with Gasteiger partial charge in [0.1, 0.15) is 0 Å². The summed E-state index contributed by atoms with van der Waals surface area (Å²) in [6.07, 6.45) is 0. The zero-order chi connectivity index (χ0) is 15.4. The molecule has 112 valence electrons. The van der Waals surface area contributed by atoms with Crippen LogP contribution >= 0.6 is 11.8 Å². The molecule has 0 radical (unpaired) electrons. The highest BCUT2D eigenvalue weighted by molar-refractivity contribution is 7.99. The van der Waals surface area contributed by atoms with Crippen LogP contribution in [0.15, 0.2) is 47.4 Å². The lowest BCUT2D eigenvalue weighted by molar-refractivity contribution is 0.252. The summed E-state index contributed by atoms with van der Waals surface area (Å²) in [5.74, 6) is -2.41. The van der Waals surface area contributed by atoms with Gasteiger partial charge in [-0.25, -0.2) is 0 Å². The number of anilines is 1. The summed E-state index contributed by atoms with van der Waals surface area (Å²) in [5.41, 5.74) is 4.31. The molecule has 1 N–H and O–H groups in total. The number of aryl methyl sites for hydroxylation is 2. The average Bonchev–Trinajstić information content (AvgIpc) is 2.39. The molecular formula is C17H19F2NS. The monoisotopic (exact) mass is 307 g/mol. The Kier molecular flexibility index (Phi) is 5.23. The fourth-order valence-corrected chi connectivity index (χ4v) is 2.96. The van der Waals surface area contributed by atoms with Gasteiger partial charge in [0.2, 0.25) is 0 Å². The van der Waals surface area contributed by atoms with Gasteiger partial charge in [-0.2, -0.15) is 8.78 Å². The number of para-hydroxylation sites is 1. The number of rotatable bonds is 5. The summed E-state index contributed by atoms with van der Waals surface area (Å²) in [7, 11) is 0. The Labute approximate surface area is 128 Å². The molecule has 0 fully saturated rings. The minimum atomic E-state index is -2.41. The Hall–Kier alpha value is -1.55. The van der Waals surface area contributed by atoms with E-state index in [2.05, 4.69) is 37.4 Å². The predicted octanol–water partition coefficient (Wildman–Crippen LogP) is 5.79. The summed E-state index contributed by atoms with van der Waals surface area (Å²) in [6.45, 7) is 6.16. The Morgan fingerprint density at radius 3 is 2.24 bits per heavy atom. The van der Waals surface area contributed by atoms with Crippen LogP contribution in [0.5, 0.6) is 0 Å². The van der Waals surface area contributed by atoms with Crippen LogP contribution in [0.4, 0.5) is 14.5 Å². The van der Waals surface area contributed by atoms with Crippen molar-refractivity contribution in [2.75, 3.05) is 5.32 Å². The van der Waals surface area contributed by atoms with E-state index in [1.807, 2.05) is 19.1 Å². The van der Waals surface area contributed by atoms with Gasteiger partial charge in [0, 0.05) is 16.6 Å². The molecule has 0 saturated carbocycles. The van der Waals surface area contributed by atoms with Gasteiger partial charge in [0.05, 0.1) is 0 Å². The van der Waals surface area contributed by atoms with Crippen LogP contribution in [0.25, 0.3) is 0 Å². The van der Waals surface area contributed by atoms with Crippen LogP contribution in [0, 0.1) is 13.8 Å². The molecule has 0 aliphatic rings. The van der Waals surface area contributed by atoms with Crippen LogP contribution in [-0.2, 0) is 0 Å². The second kappa shape index (κ2) is 6.94. The second-order valence-corrected chi connectivity index (χ2v) is 6.19. The Balaban J connectivity index is 2.21. The lowest BCUT2D eigenvalue weighted by Gasteiger charge is -2.19. The molecular weight excluding hydrogens is 288 g/mol. The van der Waals surface area contributed by atoms with Crippen LogP contribution < -0.4 is 5.32 Å². The molecule has 2 rings (SSSR count). The number of alkyl halides is 2. The fraction of sp³-hybridized carbons (Fsp3) is 0.294. The summed E-state index contributed by atoms with van der Waals surface area (Å²) < 4.78 is 25.2. The van der Waals surface area contributed by atoms with Gasteiger partial charge in [-0.05, 0) is 38.5 Å². The number of benzene rings is 2. The van der Waals surface area contributed by atoms with Gasteiger partial charge in [-0.15, -0.1) is 0 Å². The quantitative estimate of drug-likeness (QED) is 0.701. The zero-order valence-corrected chi connectivity index (χ0v) is 13.2. The van der Waals surface area contributed by atoms with E-state index in [1.165, 1.54) is 11.1 Å². The van der Waals surface area contributed by atoms with Gasteiger partial charge in [0.15, 0.2) is 0 Å². The van der Waals surface area contributed by atoms with E-state index in [4.69, 9.17) is 0 Å². The second-order valence-electron chi connectivity index (χ2n) is 5.16. The van der Waals surface area contributed by atoms with Crippen molar-refractivity contribution in [1.29, 1.82) is 0 Å². The van der Waals surface area contributed by atoms with E-state index in [0.29, 0.717) is 16.7 Å². The molecule has 2 aromatic carbocycles. The van der Waals surface area contributed by atoms with Crippen molar-refractivity contribution >= 4 is 17.4 Å². The first-order valence-corrected chi connectivity index (χ1v) is 7.72. The Morgan fingerprint density at radius 2 is 1.62 bits per heavy atom. The first-order valence-electron chi connectivity index (χ1n) is 6.84. The zero-order valence-electron chi connectivity index (χ0n) is 12.4. The summed E-state index contributed by atoms with van der Waals surface area (Å²) in [6, 6.07) is 13.6. The molecule has 0 aromatic heterocycles. The molecule has 21 heavy (non-hydrogen) atoms. The standard InChI is InChI=1S/C17H19F2NS/c1-11-8-12(2)10-14(9-11)13(3)20-15-6-4-5-7-16(15)21-17(18)19/h4-10,13,17,20H,1-3H3. The van der Waals surface area contributed by atoms with Gasteiger partial charge in [-0.1, -0.05) is 53.2 Å². The van der Waals surface area contributed by atoms with Gasteiger partial charge in [-0.3, -0.25) is 0 Å². The first-order chi connectivity index (χ1) is 9.95. The van der Waals surface area contributed by atoms with Gasteiger partial charge < -0.3 is 5.32 Å². The number of halogens is 2. The summed E-state index contributed by atoms with van der Waals surface area (Å²) >= 11 is 0.573. The third-order valence-electron chi connectivity index (χ3n) is 3.22. The molecule has 0 saturated heterocycles. The maximum Gasteiger partial charge on any atom is 0.288 e. The highest BCUT2D eigenvalue weighted by Crippen LogP contribution is 2.33. The minimum Gasteiger partial charge on any atom is -0.378 e. The number of thioether (sulfide) groups is 1. The van der Waals surface area contributed by atoms with E-state index < -0.39 is 5.76 Å². The van der Waals surface area contributed by atoms with Crippen LogP contribution in [0.3, 0.4) is 0 Å². The third-order valence-corrected chi connectivity index (χ3v) is 4.01. The molecule has 0 heterocycles. The topological polar surface area (TPSA) is 12.0 Å². The molecule has 0 amide bonds. The van der Waals surface area contributed by atoms with Crippen LogP contribution in [-0.4, -0.2) is 5.76 Å². The fourth-order valence-electron chi connectivity index (χ4n) is 2.36. The van der Waals surface area contributed by atoms with Gasteiger partial charge in [0.25, 0.3) is 5.76 Å². The normalized spacial score (nSPS) is 12.5. The van der Waals surface area contributed by atoms with Crippen molar-refractivity contribution in [2.24, 2.45) is 0 Å². The molecule has 0 spiro atoms. The average molecular weight is 307 g/mol. The van der Waals surface area contributed by atoms with E-state index in [0.717, 1.165) is 11.3 Å². The lowest BCUT2D eigenvalue weighted by Crippen LogP contribution is -2.08. The molecule has 0 aliphatic heterocycles. The lowest BCUT2D eigenvalue weighted by atomic mass is 10.0. The Bertz CT molecular complexity index is 593. The van der Waals surface area contributed by atoms with E-state index in [-0.39, 0.29) is 6.04 Å². The van der Waals surface area contributed by atoms with E-state index >= 15 is 0 Å². The number of hydrogen-bond donors (Lipinski definition) is 1. The van der Waals surface area contributed by atoms with Crippen molar-refractivity contribution in [1.82, 2.24) is 0 Å². The van der Waals surface area contributed by atoms with Crippen LogP contribution in [0.1, 0.15) is 29.7 Å². The summed E-state index contributed by atoms with van der Waals surface area (Å²) in [5, 5.41) is 3.33. The third kappa shape index (κ3) is 4.46. The van der Waals surface area contributed by atoms with E-state index in [9.17, 15) is 8.78 Å². The summed E-state index contributed by atoms with van der Waals surface area (Å²) in [4.78, 5) is 0.573. The molecule has 1 unspecified atom stereocenters. The van der Waals surface area contributed by atoms with Crippen molar-refractivity contribution in [2.45, 2.75) is 37.5 Å². The largest absolute Gasteiger partial charge is 0.378 e. The number of hydrogen-bond acceptors (Lipinski definition) is 2. The van der Waals surface area contributed by atoms with Crippen LogP contribution in [0.2, 0.25) is 0 Å². The number of nitrogens with one attached hydrogen (secondary N) is 1. The predicted molar refractivity (Wildman–Crippen MR) is 86.3 cm³/mol. The molecule has 0 bridgehead atoms. The minimum absolute atomic E-state index is 0.0584. The van der Waals surface area contributed by atoms with Crippen molar-refractivity contribution < 1.29 is 8.78 Å². The molecule has 0 aliphatic carbocycles. The van der Waals surface area contributed by atoms with E-state index in [1.54, 1.807) is 12.1 Å². The maximum absolute atomic E-state index is 12.6. The Morgan fingerprint density at radius 1 is 1.00 bits per heavy atom. The highest BCUT2D eigenvalue weighted by atomic mass is 32.2. The van der Waals surface area contributed by atoms with Gasteiger partial charge >= 0.3 is 0 Å². The molecule has 4 heteroatoms. The smallest absolute Gasteiger partial charge is 0.288 e. The maximum atomic E-state index is 12.6. The van der Waals surface area contributed by atoms with Crippen molar-refractivity contribution in [3.8, 4) is 0 Å². The first kappa shape index (κ1) is 15.8. The SMILES string of the molecule is Cc1cc(C)cc(C(C)Nc2ccccc2SC(F)F)c1. The highest BCUT2D eigenvalue weighted by Gasteiger charge is 2.12. The molecule has 1 nitrogen and oxygen atoms in total.